The zero-order valence-corrected chi connectivity index (χ0v) is 21.1. The fourth-order valence-corrected chi connectivity index (χ4v) is 4.70. The molecule has 1 atom stereocenters. The summed E-state index contributed by atoms with van der Waals surface area (Å²) in [6, 6.07) is 7.42. The molecule has 3 heterocycles. The van der Waals surface area contributed by atoms with Gasteiger partial charge in [-0.2, -0.15) is 0 Å². The molecule has 3 amide bonds. The van der Waals surface area contributed by atoms with Gasteiger partial charge in [0.2, 0.25) is 5.91 Å². The number of amides is 3. The molecule has 1 aromatic carbocycles. The summed E-state index contributed by atoms with van der Waals surface area (Å²) in [7, 11) is 1.60. The van der Waals surface area contributed by atoms with E-state index < -0.39 is 11.4 Å². The van der Waals surface area contributed by atoms with Gasteiger partial charge in [0.25, 0.3) is 11.8 Å². The van der Waals surface area contributed by atoms with Crippen molar-refractivity contribution in [2.24, 2.45) is 0 Å². The molecule has 0 spiro atoms. The first-order valence-corrected chi connectivity index (χ1v) is 12.2. The fourth-order valence-electron chi connectivity index (χ4n) is 4.70. The Morgan fingerprint density at radius 1 is 1.17 bits per heavy atom. The van der Waals surface area contributed by atoms with Crippen LogP contribution in [0, 0.1) is 0 Å². The number of morpholine rings is 1. The highest BCUT2D eigenvalue weighted by atomic mass is 16.5. The number of fused-ring (bicyclic) bond motifs is 1. The van der Waals surface area contributed by atoms with E-state index >= 15 is 0 Å². The zero-order valence-electron chi connectivity index (χ0n) is 21.1. The maximum Gasteiger partial charge on any atom is 0.273 e. The van der Waals surface area contributed by atoms with Crippen LogP contribution >= 0.6 is 0 Å². The summed E-state index contributed by atoms with van der Waals surface area (Å²) < 4.78 is 12.1. The number of rotatable bonds is 9. The summed E-state index contributed by atoms with van der Waals surface area (Å²) in [5, 5.41) is 5.82. The van der Waals surface area contributed by atoms with Crippen LogP contribution in [0.25, 0.3) is 0 Å². The number of hydrogen-bond acceptors (Lipinski definition) is 7. The highest BCUT2D eigenvalue weighted by Crippen LogP contribution is 2.28. The molecule has 2 aromatic rings. The van der Waals surface area contributed by atoms with Crippen molar-refractivity contribution < 1.29 is 23.9 Å². The highest BCUT2D eigenvalue weighted by Gasteiger charge is 2.48. The van der Waals surface area contributed by atoms with E-state index in [0.29, 0.717) is 39.4 Å². The number of ether oxygens (including phenoxy) is 2. The van der Waals surface area contributed by atoms with E-state index in [1.165, 1.54) is 11.2 Å². The molecule has 2 N–H and O–H groups in total. The number of carbonyl (C=O) groups excluding carboxylic acids is 3. The first-order chi connectivity index (χ1) is 17.4. The molecule has 0 radical (unpaired) electrons. The third-order valence-electron chi connectivity index (χ3n) is 6.81. The van der Waals surface area contributed by atoms with Crippen molar-refractivity contribution >= 4 is 17.7 Å². The summed E-state index contributed by atoms with van der Waals surface area (Å²) in [4.78, 5) is 47.6. The van der Waals surface area contributed by atoms with Crippen LogP contribution in [-0.2, 0) is 22.6 Å². The topological polar surface area (TPSA) is 118 Å². The molecular weight excluding hydrogens is 464 g/mol. The van der Waals surface area contributed by atoms with Gasteiger partial charge in [0.15, 0.2) is 5.69 Å². The van der Waals surface area contributed by atoms with Crippen molar-refractivity contribution in [3.05, 3.63) is 47.5 Å². The van der Waals surface area contributed by atoms with Crippen LogP contribution in [-0.4, -0.2) is 95.7 Å². The van der Waals surface area contributed by atoms with Crippen molar-refractivity contribution in [1.82, 2.24) is 30.0 Å². The van der Waals surface area contributed by atoms with Gasteiger partial charge in [0.1, 0.15) is 17.0 Å². The Labute approximate surface area is 210 Å². The lowest BCUT2D eigenvalue weighted by molar-refractivity contribution is -0.132. The standard InChI is InChI=1S/C25H34N6O5/c1-4-31-23(33)21-20(22(32)26-9-10-29-11-13-36-14-12-29)28-17-30(21)16-25(31,2)24(34)27-15-18-5-7-19(35-3)8-6-18/h5-8,17H,4,9-16H2,1-3H3,(H,26,32)(H,27,34). The summed E-state index contributed by atoms with van der Waals surface area (Å²) in [5.41, 5.74) is 0.0790. The average molecular weight is 499 g/mol. The van der Waals surface area contributed by atoms with Crippen LogP contribution in [0.2, 0.25) is 0 Å². The van der Waals surface area contributed by atoms with Gasteiger partial charge in [-0.25, -0.2) is 4.98 Å². The van der Waals surface area contributed by atoms with Crippen LogP contribution in [0.4, 0.5) is 0 Å². The first-order valence-electron chi connectivity index (χ1n) is 12.2. The van der Waals surface area contributed by atoms with Gasteiger partial charge in [-0.3, -0.25) is 19.3 Å². The molecule has 1 fully saturated rings. The maximum absolute atomic E-state index is 13.5. The van der Waals surface area contributed by atoms with Crippen LogP contribution in [0.15, 0.2) is 30.6 Å². The number of nitrogens with one attached hydrogen (secondary N) is 2. The lowest BCUT2D eigenvalue weighted by Crippen LogP contribution is -2.63. The Hall–Kier alpha value is -3.44. The van der Waals surface area contributed by atoms with Crippen LogP contribution in [0.5, 0.6) is 5.75 Å². The number of likely N-dealkylation sites (N-methyl/N-ethyl adjacent to an activating group) is 1. The number of aromatic nitrogens is 2. The van der Waals surface area contributed by atoms with E-state index in [2.05, 4.69) is 20.5 Å². The second-order valence-corrected chi connectivity index (χ2v) is 9.13. The molecule has 4 rings (SSSR count). The molecule has 0 saturated carbocycles. The predicted molar refractivity (Wildman–Crippen MR) is 132 cm³/mol. The largest absolute Gasteiger partial charge is 0.497 e. The number of methoxy groups -OCH3 is 1. The Morgan fingerprint density at radius 3 is 2.56 bits per heavy atom. The van der Waals surface area contributed by atoms with E-state index in [0.717, 1.165) is 24.4 Å². The summed E-state index contributed by atoms with van der Waals surface area (Å²) in [6.07, 6.45) is 1.46. The lowest BCUT2D eigenvalue weighted by Gasteiger charge is -2.43. The Bertz CT molecular complexity index is 1090. The lowest BCUT2D eigenvalue weighted by atomic mass is 9.94. The van der Waals surface area contributed by atoms with E-state index in [1.54, 1.807) is 18.6 Å². The van der Waals surface area contributed by atoms with Gasteiger partial charge < -0.3 is 29.6 Å². The quantitative estimate of drug-likeness (QED) is 0.517. The maximum atomic E-state index is 13.5. The van der Waals surface area contributed by atoms with Gasteiger partial charge in [-0.15, -0.1) is 0 Å². The molecule has 11 nitrogen and oxygen atoms in total. The monoisotopic (exact) mass is 498 g/mol. The van der Waals surface area contributed by atoms with E-state index in [1.807, 2.05) is 31.2 Å². The second-order valence-electron chi connectivity index (χ2n) is 9.13. The molecule has 0 aliphatic carbocycles. The molecule has 11 heteroatoms. The van der Waals surface area contributed by atoms with Crippen molar-refractivity contribution in [1.29, 1.82) is 0 Å². The van der Waals surface area contributed by atoms with Crippen molar-refractivity contribution in [2.45, 2.75) is 32.5 Å². The van der Waals surface area contributed by atoms with Crippen molar-refractivity contribution in [2.75, 3.05) is 53.0 Å². The summed E-state index contributed by atoms with van der Waals surface area (Å²) in [6.45, 7) is 8.58. The Kier molecular flexibility index (Phi) is 7.90. The minimum absolute atomic E-state index is 0.0844. The molecule has 2 aliphatic heterocycles. The predicted octanol–water partition coefficient (Wildman–Crippen LogP) is 0.505. The Morgan fingerprint density at radius 2 is 1.89 bits per heavy atom. The van der Waals surface area contributed by atoms with Crippen molar-refractivity contribution in [3.63, 3.8) is 0 Å². The normalized spacial score (nSPS) is 20.1. The average Bonchev–Trinajstić information content (AvgIpc) is 3.32. The fraction of sp³-hybridized carbons (Fsp3) is 0.520. The first kappa shape index (κ1) is 25.6. The number of hydrogen-bond donors (Lipinski definition) is 2. The molecule has 1 unspecified atom stereocenters. The summed E-state index contributed by atoms with van der Waals surface area (Å²) >= 11 is 0. The van der Waals surface area contributed by atoms with E-state index in [9.17, 15) is 14.4 Å². The SMILES string of the molecule is CCN1C(=O)c2c(C(=O)NCCN3CCOCC3)ncn2CC1(C)C(=O)NCc1ccc(OC)cc1. The van der Waals surface area contributed by atoms with Crippen LogP contribution < -0.4 is 15.4 Å². The molecule has 1 aromatic heterocycles. The van der Waals surface area contributed by atoms with Crippen LogP contribution in [0.1, 0.15) is 40.4 Å². The molecule has 1 saturated heterocycles. The smallest absolute Gasteiger partial charge is 0.273 e. The molecule has 194 valence electrons. The van der Waals surface area contributed by atoms with Gasteiger partial charge >= 0.3 is 0 Å². The molecule has 0 bridgehead atoms. The molecular formula is C25H34N6O5. The number of benzene rings is 1. The van der Waals surface area contributed by atoms with Gasteiger partial charge in [0, 0.05) is 39.3 Å². The van der Waals surface area contributed by atoms with E-state index in [4.69, 9.17) is 9.47 Å². The van der Waals surface area contributed by atoms with Gasteiger partial charge in [-0.1, -0.05) is 12.1 Å². The third-order valence-corrected chi connectivity index (χ3v) is 6.81. The second kappa shape index (κ2) is 11.1. The molecule has 36 heavy (non-hydrogen) atoms. The van der Waals surface area contributed by atoms with Crippen LogP contribution in [0.3, 0.4) is 0 Å². The molecule has 2 aliphatic rings. The zero-order chi connectivity index (χ0) is 25.7. The van der Waals surface area contributed by atoms with Crippen molar-refractivity contribution in [3.8, 4) is 5.75 Å². The minimum atomic E-state index is -1.13. The van der Waals surface area contributed by atoms with Gasteiger partial charge in [0.05, 0.1) is 33.2 Å². The number of carbonyl (C=O) groups is 3. The Balaban J connectivity index is 1.43. The van der Waals surface area contributed by atoms with E-state index in [-0.39, 0.29) is 29.7 Å². The number of imidazole rings is 1. The number of nitrogens with zero attached hydrogens (tertiary/aromatic N) is 4. The van der Waals surface area contributed by atoms with Gasteiger partial charge in [-0.05, 0) is 31.5 Å². The minimum Gasteiger partial charge on any atom is -0.497 e. The summed E-state index contributed by atoms with van der Waals surface area (Å²) in [5.74, 6) is -0.319. The highest BCUT2D eigenvalue weighted by molar-refractivity contribution is 6.07. The third kappa shape index (κ3) is 5.21.